The van der Waals surface area contributed by atoms with Crippen LogP contribution in [0.15, 0.2) is 22.6 Å². The molecule has 0 aliphatic heterocycles. The first-order valence-corrected chi connectivity index (χ1v) is 6.11. The van der Waals surface area contributed by atoms with E-state index in [9.17, 15) is 4.39 Å². The Kier molecular flexibility index (Phi) is 4.46. The number of methoxy groups -OCH3 is 1. The first-order valence-electron chi connectivity index (χ1n) is 6.11. The number of rotatable bonds is 6. The van der Waals surface area contributed by atoms with Crippen LogP contribution in [-0.4, -0.2) is 23.9 Å². The van der Waals surface area contributed by atoms with Crippen molar-refractivity contribution in [2.45, 2.75) is 19.9 Å². The van der Waals surface area contributed by atoms with Gasteiger partial charge in [0.05, 0.1) is 13.7 Å². The van der Waals surface area contributed by atoms with Gasteiger partial charge in [0.1, 0.15) is 0 Å². The highest BCUT2D eigenvalue weighted by Gasteiger charge is 2.11. The predicted octanol–water partition coefficient (Wildman–Crippen LogP) is 2.38. The molecule has 2 aromatic rings. The Labute approximate surface area is 110 Å². The van der Waals surface area contributed by atoms with Gasteiger partial charge in [-0.3, -0.25) is 0 Å². The summed E-state index contributed by atoms with van der Waals surface area (Å²) < 4.78 is 23.9. The van der Waals surface area contributed by atoms with Gasteiger partial charge in [0, 0.05) is 5.56 Å². The van der Waals surface area contributed by atoms with Gasteiger partial charge in [-0.2, -0.15) is 0 Å². The lowest BCUT2D eigenvalue weighted by atomic mass is 10.2. The summed E-state index contributed by atoms with van der Waals surface area (Å²) >= 11 is 0. The molecule has 0 saturated carbocycles. The largest absolute Gasteiger partial charge is 0.494 e. The van der Waals surface area contributed by atoms with Crippen molar-refractivity contribution in [3.05, 3.63) is 29.9 Å². The van der Waals surface area contributed by atoms with Crippen molar-refractivity contribution in [1.29, 1.82) is 0 Å². The van der Waals surface area contributed by atoms with E-state index in [1.165, 1.54) is 19.2 Å². The summed E-state index contributed by atoms with van der Waals surface area (Å²) in [5.41, 5.74) is 0.535. The predicted molar refractivity (Wildman–Crippen MR) is 68.2 cm³/mol. The average Bonchev–Trinajstić information content (AvgIpc) is 2.88. The van der Waals surface area contributed by atoms with Crippen LogP contribution >= 0.6 is 0 Å². The van der Waals surface area contributed by atoms with E-state index in [1.54, 1.807) is 6.07 Å². The Morgan fingerprint density at radius 1 is 1.37 bits per heavy atom. The Bertz CT molecular complexity index is 542. The van der Waals surface area contributed by atoms with Crippen molar-refractivity contribution in [3.63, 3.8) is 0 Å². The highest BCUT2D eigenvalue weighted by molar-refractivity contribution is 5.54. The Hall–Kier alpha value is -1.95. The van der Waals surface area contributed by atoms with Crippen molar-refractivity contribution in [3.8, 4) is 17.2 Å². The third kappa shape index (κ3) is 3.29. The molecule has 0 spiro atoms. The van der Waals surface area contributed by atoms with Crippen LogP contribution in [0.2, 0.25) is 0 Å². The van der Waals surface area contributed by atoms with Crippen molar-refractivity contribution in [1.82, 2.24) is 15.5 Å². The second-order valence-electron chi connectivity index (χ2n) is 4.03. The van der Waals surface area contributed by atoms with Crippen LogP contribution in [0.5, 0.6) is 5.75 Å². The molecule has 19 heavy (non-hydrogen) atoms. The third-order valence-corrected chi connectivity index (χ3v) is 2.57. The number of aromatic nitrogens is 2. The zero-order valence-electron chi connectivity index (χ0n) is 10.9. The van der Waals surface area contributed by atoms with Crippen molar-refractivity contribution in [2.24, 2.45) is 0 Å². The van der Waals surface area contributed by atoms with E-state index in [1.807, 2.05) is 0 Å². The molecule has 1 N–H and O–H groups in total. The fourth-order valence-electron chi connectivity index (χ4n) is 1.61. The molecule has 0 amide bonds. The highest BCUT2D eigenvalue weighted by atomic mass is 19.1. The van der Waals surface area contributed by atoms with E-state index in [2.05, 4.69) is 22.4 Å². The summed E-state index contributed by atoms with van der Waals surface area (Å²) in [4.78, 5) is 0. The van der Waals surface area contributed by atoms with Crippen LogP contribution in [0, 0.1) is 5.82 Å². The van der Waals surface area contributed by atoms with Crippen molar-refractivity contribution in [2.75, 3.05) is 13.7 Å². The molecule has 0 fully saturated rings. The van der Waals surface area contributed by atoms with Gasteiger partial charge in [0.25, 0.3) is 0 Å². The normalized spacial score (nSPS) is 10.7. The van der Waals surface area contributed by atoms with Gasteiger partial charge < -0.3 is 14.5 Å². The standard InChI is InChI=1S/C13H16FN3O2/c1-3-6-15-8-12-16-17-13(19-12)9-4-5-11(18-2)10(14)7-9/h4-5,7,15H,3,6,8H2,1-2H3. The summed E-state index contributed by atoms with van der Waals surface area (Å²) in [5.74, 6) is 0.520. The van der Waals surface area contributed by atoms with Gasteiger partial charge in [0.2, 0.25) is 11.8 Å². The maximum atomic E-state index is 13.6. The van der Waals surface area contributed by atoms with Crippen LogP contribution < -0.4 is 10.1 Å². The van der Waals surface area contributed by atoms with Crippen LogP contribution in [0.25, 0.3) is 11.5 Å². The number of hydrogen-bond acceptors (Lipinski definition) is 5. The molecule has 0 unspecified atom stereocenters. The van der Waals surface area contributed by atoms with Crippen LogP contribution in [0.3, 0.4) is 0 Å². The first-order chi connectivity index (χ1) is 9.24. The van der Waals surface area contributed by atoms with E-state index >= 15 is 0 Å². The molecule has 5 nitrogen and oxygen atoms in total. The lowest BCUT2D eigenvalue weighted by Crippen LogP contribution is -2.13. The monoisotopic (exact) mass is 265 g/mol. The van der Waals surface area contributed by atoms with Gasteiger partial charge in [-0.15, -0.1) is 10.2 Å². The number of nitrogens with one attached hydrogen (secondary N) is 1. The molecule has 0 bridgehead atoms. The van der Waals surface area contributed by atoms with Crippen LogP contribution in [0.4, 0.5) is 4.39 Å². The average molecular weight is 265 g/mol. The minimum Gasteiger partial charge on any atom is -0.494 e. The molecular weight excluding hydrogens is 249 g/mol. The second kappa shape index (κ2) is 6.29. The molecule has 6 heteroatoms. The zero-order valence-corrected chi connectivity index (χ0v) is 10.9. The van der Waals surface area contributed by atoms with Crippen molar-refractivity contribution >= 4 is 0 Å². The minimum absolute atomic E-state index is 0.188. The van der Waals surface area contributed by atoms with E-state index in [-0.39, 0.29) is 5.75 Å². The lowest BCUT2D eigenvalue weighted by molar-refractivity contribution is 0.386. The Morgan fingerprint density at radius 3 is 2.89 bits per heavy atom. The van der Waals surface area contributed by atoms with E-state index < -0.39 is 5.82 Å². The molecular formula is C13H16FN3O2. The number of nitrogens with zero attached hydrogens (tertiary/aromatic N) is 2. The highest BCUT2D eigenvalue weighted by Crippen LogP contribution is 2.24. The lowest BCUT2D eigenvalue weighted by Gasteiger charge is -2.02. The smallest absolute Gasteiger partial charge is 0.247 e. The van der Waals surface area contributed by atoms with Gasteiger partial charge >= 0.3 is 0 Å². The van der Waals surface area contributed by atoms with Gasteiger partial charge in [0.15, 0.2) is 11.6 Å². The molecule has 1 aromatic heterocycles. The molecule has 0 aliphatic rings. The first kappa shape index (κ1) is 13.5. The summed E-state index contributed by atoms with van der Waals surface area (Å²) in [6.07, 6.45) is 1.03. The molecule has 0 radical (unpaired) electrons. The zero-order chi connectivity index (χ0) is 13.7. The van der Waals surface area contributed by atoms with Crippen molar-refractivity contribution < 1.29 is 13.5 Å². The maximum absolute atomic E-state index is 13.6. The molecule has 1 heterocycles. The number of ether oxygens (including phenoxy) is 1. The molecule has 102 valence electrons. The van der Waals surface area contributed by atoms with Gasteiger partial charge in [-0.25, -0.2) is 4.39 Å². The van der Waals surface area contributed by atoms with Gasteiger partial charge in [-0.05, 0) is 31.2 Å². The van der Waals surface area contributed by atoms with E-state index in [0.717, 1.165) is 13.0 Å². The Balaban J connectivity index is 2.11. The number of halogens is 1. The molecule has 1 aromatic carbocycles. The fraction of sp³-hybridized carbons (Fsp3) is 0.385. The van der Waals surface area contributed by atoms with Crippen LogP contribution in [0.1, 0.15) is 19.2 Å². The summed E-state index contributed by atoms with van der Waals surface area (Å²) in [6, 6.07) is 4.53. The SMILES string of the molecule is CCCNCc1nnc(-c2ccc(OC)c(F)c2)o1. The summed E-state index contributed by atoms with van der Waals surface area (Å²) in [6.45, 7) is 3.47. The summed E-state index contributed by atoms with van der Waals surface area (Å²) in [5, 5.41) is 11.0. The minimum atomic E-state index is -0.455. The summed E-state index contributed by atoms with van der Waals surface area (Å²) in [7, 11) is 1.42. The van der Waals surface area contributed by atoms with E-state index in [0.29, 0.717) is 23.9 Å². The van der Waals surface area contributed by atoms with Gasteiger partial charge in [-0.1, -0.05) is 6.92 Å². The fourth-order valence-corrected chi connectivity index (χ4v) is 1.61. The maximum Gasteiger partial charge on any atom is 0.247 e. The van der Waals surface area contributed by atoms with Crippen LogP contribution in [-0.2, 0) is 6.54 Å². The number of hydrogen-bond donors (Lipinski definition) is 1. The van der Waals surface area contributed by atoms with E-state index in [4.69, 9.17) is 9.15 Å². The molecule has 2 rings (SSSR count). The molecule has 0 saturated heterocycles. The topological polar surface area (TPSA) is 60.2 Å². The molecule has 0 aliphatic carbocycles. The number of benzene rings is 1. The molecule has 0 atom stereocenters. The quantitative estimate of drug-likeness (QED) is 0.813. The Morgan fingerprint density at radius 2 is 2.21 bits per heavy atom. The second-order valence-corrected chi connectivity index (χ2v) is 4.03. The third-order valence-electron chi connectivity index (χ3n) is 2.57.